The van der Waals surface area contributed by atoms with Gasteiger partial charge in [0.1, 0.15) is 5.75 Å². The van der Waals surface area contributed by atoms with Crippen LogP contribution < -0.4 is 9.46 Å². The Kier molecular flexibility index (Phi) is 6.12. The first-order valence-corrected chi connectivity index (χ1v) is 11.9. The molecule has 0 heterocycles. The van der Waals surface area contributed by atoms with Gasteiger partial charge in [-0.05, 0) is 77.2 Å². The molecule has 1 saturated carbocycles. The van der Waals surface area contributed by atoms with Crippen molar-refractivity contribution in [1.82, 2.24) is 4.72 Å². The highest BCUT2D eigenvalue weighted by Gasteiger charge is 2.42. The molecule has 2 N–H and O–H groups in total. The fourth-order valence-electron chi connectivity index (χ4n) is 5.21. The van der Waals surface area contributed by atoms with Crippen molar-refractivity contribution in [3.8, 4) is 16.9 Å². The number of aliphatic hydroxyl groups excluding tert-OH is 1. The van der Waals surface area contributed by atoms with Crippen LogP contribution in [0.3, 0.4) is 0 Å². The molecule has 0 amide bonds. The van der Waals surface area contributed by atoms with Crippen LogP contribution in [0, 0.1) is 5.92 Å². The van der Waals surface area contributed by atoms with Crippen LogP contribution in [0.1, 0.15) is 36.3 Å². The predicted molar refractivity (Wildman–Crippen MR) is 123 cm³/mol. The van der Waals surface area contributed by atoms with Crippen LogP contribution in [0.2, 0.25) is 0 Å². The fraction of sp³-hybridized carbons (Fsp3) is 0.308. The van der Waals surface area contributed by atoms with Gasteiger partial charge in [-0.25, -0.2) is 0 Å². The van der Waals surface area contributed by atoms with E-state index in [1.54, 1.807) is 12.1 Å². The third-order valence-corrected chi connectivity index (χ3v) is 7.53. The van der Waals surface area contributed by atoms with E-state index in [1.165, 1.54) is 46.3 Å². The number of hydrogen-bond acceptors (Lipinski definition) is 4. The van der Waals surface area contributed by atoms with Gasteiger partial charge in [0.05, 0.1) is 6.10 Å². The lowest BCUT2D eigenvalue weighted by Gasteiger charge is -2.39. The lowest BCUT2D eigenvalue weighted by Crippen LogP contribution is -2.46. The lowest BCUT2D eigenvalue weighted by molar-refractivity contribution is -0.274. The van der Waals surface area contributed by atoms with Crippen LogP contribution in [0.15, 0.2) is 77.7 Å². The van der Waals surface area contributed by atoms with Crippen LogP contribution in [-0.2, 0) is 0 Å². The number of nitrogens with one attached hydrogen (secondary N) is 1. The second-order valence-electron chi connectivity index (χ2n) is 8.58. The van der Waals surface area contributed by atoms with Gasteiger partial charge < -0.3 is 9.84 Å². The van der Waals surface area contributed by atoms with Crippen molar-refractivity contribution in [3.05, 3.63) is 83.9 Å². The summed E-state index contributed by atoms with van der Waals surface area (Å²) in [7, 11) is 0. The van der Waals surface area contributed by atoms with Crippen LogP contribution >= 0.6 is 11.9 Å². The average Bonchev–Trinajstić information content (AvgIpc) is 3.13. The molecule has 0 spiro atoms. The Morgan fingerprint density at radius 2 is 1.45 bits per heavy atom. The van der Waals surface area contributed by atoms with Crippen LogP contribution in [0.25, 0.3) is 11.1 Å². The second kappa shape index (κ2) is 9.05. The van der Waals surface area contributed by atoms with Crippen LogP contribution in [0.5, 0.6) is 5.75 Å². The molecule has 172 valence electrons. The third kappa shape index (κ3) is 4.63. The molecular weight excluding hydrogens is 447 g/mol. The summed E-state index contributed by atoms with van der Waals surface area (Å²) in [6, 6.07) is 22.5. The van der Waals surface area contributed by atoms with Gasteiger partial charge >= 0.3 is 6.36 Å². The van der Waals surface area contributed by atoms with E-state index in [0.717, 1.165) is 24.2 Å². The Morgan fingerprint density at radius 3 is 2.06 bits per heavy atom. The zero-order chi connectivity index (χ0) is 23.0. The Hall–Kier alpha value is -2.48. The smallest absolute Gasteiger partial charge is 0.406 e. The summed E-state index contributed by atoms with van der Waals surface area (Å²) in [5.41, 5.74) is 5.04. The van der Waals surface area contributed by atoms with E-state index in [1.807, 2.05) is 0 Å². The van der Waals surface area contributed by atoms with Gasteiger partial charge in [-0.3, -0.25) is 4.72 Å². The summed E-state index contributed by atoms with van der Waals surface area (Å²) >= 11 is 1.33. The standard InChI is InChI=1S/C26H24F3NO2S/c27-26(28,29)32-16-12-14-17(15-13-16)33-30-23-11-5-10-22(25(23)31)24-20-8-3-1-6-18(20)19-7-2-4-9-21(19)24/h1-4,6-9,12-15,22-25,30-31H,5,10-11H2. The largest absolute Gasteiger partial charge is 0.573 e. The SMILES string of the molecule is OC1C(NSc2ccc(OC(F)(F)F)cc2)CCCC1C1c2ccccc2-c2ccccc21. The van der Waals surface area contributed by atoms with E-state index in [4.69, 9.17) is 0 Å². The molecule has 2 aliphatic rings. The summed E-state index contributed by atoms with van der Waals surface area (Å²) in [5, 5.41) is 11.4. The van der Waals surface area contributed by atoms with Gasteiger partial charge in [-0.15, -0.1) is 13.2 Å². The van der Waals surface area contributed by atoms with E-state index in [9.17, 15) is 18.3 Å². The molecule has 5 rings (SSSR count). The number of aliphatic hydroxyl groups is 1. The highest BCUT2D eigenvalue weighted by atomic mass is 32.2. The first-order valence-electron chi connectivity index (χ1n) is 11.1. The highest BCUT2D eigenvalue weighted by molar-refractivity contribution is 7.97. The van der Waals surface area contributed by atoms with Gasteiger partial charge in [-0.1, -0.05) is 55.0 Å². The monoisotopic (exact) mass is 471 g/mol. The number of halogens is 3. The zero-order valence-corrected chi connectivity index (χ0v) is 18.6. The molecule has 0 bridgehead atoms. The molecule has 0 aliphatic heterocycles. The molecule has 0 radical (unpaired) electrons. The molecule has 1 fully saturated rings. The number of fused-ring (bicyclic) bond motifs is 3. The van der Waals surface area contributed by atoms with Crippen molar-refractivity contribution in [1.29, 1.82) is 0 Å². The van der Waals surface area contributed by atoms with Gasteiger partial charge in [0.2, 0.25) is 0 Å². The fourth-order valence-corrected chi connectivity index (χ4v) is 6.03. The maximum atomic E-state index is 12.4. The van der Waals surface area contributed by atoms with Gasteiger partial charge in [0, 0.05) is 16.9 Å². The second-order valence-corrected chi connectivity index (χ2v) is 9.49. The van der Waals surface area contributed by atoms with E-state index in [0.29, 0.717) is 0 Å². The summed E-state index contributed by atoms with van der Waals surface area (Å²) in [6.07, 6.45) is -2.45. The number of rotatable bonds is 5. The minimum Gasteiger partial charge on any atom is -0.406 e. The first-order chi connectivity index (χ1) is 15.9. The molecule has 0 saturated heterocycles. The van der Waals surface area contributed by atoms with Crippen LogP contribution in [0.4, 0.5) is 13.2 Å². The Bertz CT molecular complexity index is 1070. The average molecular weight is 472 g/mol. The highest BCUT2D eigenvalue weighted by Crippen LogP contribution is 2.51. The van der Waals surface area contributed by atoms with Crippen molar-refractivity contribution in [2.24, 2.45) is 5.92 Å². The summed E-state index contributed by atoms with van der Waals surface area (Å²) in [5.74, 6) is -0.00630. The summed E-state index contributed by atoms with van der Waals surface area (Å²) in [4.78, 5) is 0.760. The molecule has 3 unspecified atom stereocenters. The summed E-state index contributed by atoms with van der Waals surface area (Å²) in [6.45, 7) is 0. The van der Waals surface area contributed by atoms with Gasteiger partial charge in [-0.2, -0.15) is 0 Å². The molecule has 7 heteroatoms. The van der Waals surface area contributed by atoms with E-state index in [2.05, 4.69) is 58.0 Å². The Morgan fingerprint density at radius 1 is 0.848 bits per heavy atom. The zero-order valence-electron chi connectivity index (χ0n) is 17.8. The van der Waals surface area contributed by atoms with E-state index in [-0.39, 0.29) is 23.6 Å². The molecule has 2 aliphatic carbocycles. The molecule has 3 aromatic rings. The van der Waals surface area contributed by atoms with Crippen molar-refractivity contribution in [2.45, 2.75) is 48.6 Å². The predicted octanol–water partition coefficient (Wildman–Crippen LogP) is 6.52. The van der Waals surface area contributed by atoms with E-state index < -0.39 is 12.5 Å². The quantitative estimate of drug-likeness (QED) is 0.416. The first kappa shape index (κ1) is 22.3. The molecule has 3 atom stereocenters. The lowest BCUT2D eigenvalue weighted by atomic mass is 9.72. The number of benzene rings is 3. The molecule has 3 nitrogen and oxygen atoms in total. The maximum absolute atomic E-state index is 12.4. The maximum Gasteiger partial charge on any atom is 0.573 e. The Balaban J connectivity index is 1.30. The topological polar surface area (TPSA) is 41.5 Å². The van der Waals surface area contributed by atoms with Gasteiger partial charge in [0.15, 0.2) is 0 Å². The van der Waals surface area contributed by atoms with Gasteiger partial charge in [0.25, 0.3) is 0 Å². The molecule has 3 aromatic carbocycles. The number of alkyl halides is 3. The minimum atomic E-state index is -4.70. The number of ether oxygens (including phenoxy) is 1. The summed E-state index contributed by atoms with van der Waals surface area (Å²) < 4.78 is 44.4. The molecular formula is C26H24F3NO2S. The van der Waals surface area contributed by atoms with Crippen molar-refractivity contribution in [2.75, 3.05) is 0 Å². The van der Waals surface area contributed by atoms with Crippen LogP contribution in [-0.4, -0.2) is 23.6 Å². The molecule has 33 heavy (non-hydrogen) atoms. The van der Waals surface area contributed by atoms with Crippen molar-refractivity contribution in [3.63, 3.8) is 0 Å². The third-order valence-electron chi connectivity index (χ3n) is 6.60. The molecule has 0 aromatic heterocycles. The number of hydrogen-bond donors (Lipinski definition) is 2. The minimum absolute atomic E-state index is 0.0872. The van der Waals surface area contributed by atoms with Crippen molar-refractivity contribution < 1.29 is 23.0 Å². The normalized spacial score (nSPS) is 22.6. The van der Waals surface area contributed by atoms with Crippen molar-refractivity contribution >= 4 is 11.9 Å². The van der Waals surface area contributed by atoms with E-state index >= 15 is 0 Å². The Labute approximate surface area is 195 Å².